The van der Waals surface area contributed by atoms with Crippen LogP contribution in [-0.4, -0.2) is 24.3 Å². The van der Waals surface area contributed by atoms with E-state index in [9.17, 15) is 0 Å². The number of hydrogen-bond donors (Lipinski definition) is 0. The van der Waals surface area contributed by atoms with Crippen LogP contribution in [0.4, 0.5) is 0 Å². The van der Waals surface area contributed by atoms with E-state index in [2.05, 4.69) is 84.4 Å². The van der Waals surface area contributed by atoms with Crippen LogP contribution in [0.3, 0.4) is 0 Å². The Morgan fingerprint density at radius 2 is 1.70 bits per heavy atom. The average Bonchev–Trinajstić information content (AvgIpc) is 2.91. The van der Waals surface area contributed by atoms with Gasteiger partial charge < -0.3 is 9.74 Å². The van der Waals surface area contributed by atoms with Crippen molar-refractivity contribution in [2.45, 2.75) is 158 Å². The van der Waals surface area contributed by atoms with Gasteiger partial charge in [0.05, 0.1) is 5.71 Å². The first kappa shape index (κ1) is 35.8. The molecule has 0 saturated heterocycles. The smallest absolute Gasteiger partial charge is 0.120 e. The summed E-state index contributed by atoms with van der Waals surface area (Å²) >= 11 is 0. The molecule has 0 bridgehead atoms. The molecule has 1 rings (SSSR count). The maximum absolute atomic E-state index is 5.70. The third-order valence-electron chi connectivity index (χ3n) is 8.22. The Kier molecular flexibility index (Phi) is 21.9. The zero-order chi connectivity index (χ0) is 27.9. The van der Waals surface area contributed by atoms with Crippen molar-refractivity contribution in [3.05, 3.63) is 24.6 Å². The Morgan fingerprint density at radius 3 is 2.30 bits per heavy atom. The Balaban J connectivity index is 0.00000109. The minimum absolute atomic E-state index is 0.0989. The van der Waals surface area contributed by atoms with Crippen LogP contribution in [0.2, 0.25) is 0 Å². The molecule has 1 aliphatic rings. The van der Waals surface area contributed by atoms with Crippen molar-refractivity contribution in [1.29, 1.82) is 0 Å². The molecule has 1 aliphatic heterocycles. The molecular weight excluding hydrogens is 452 g/mol. The number of nitrogens with zero attached hydrogens (tertiary/aromatic N) is 2. The molecule has 3 heteroatoms. The highest BCUT2D eigenvalue weighted by Gasteiger charge is 2.38. The van der Waals surface area contributed by atoms with E-state index in [0.29, 0.717) is 5.92 Å². The molecule has 0 N–H and O–H groups in total. The van der Waals surface area contributed by atoms with Crippen molar-refractivity contribution >= 4 is 5.71 Å². The second kappa shape index (κ2) is 22.7. The predicted octanol–water partition coefficient (Wildman–Crippen LogP) is 11.3. The van der Waals surface area contributed by atoms with E-state index in [0.717, 1.165) is 38.2 Å². The van der Waals surface area contributed by atoms with E-state index in [-0.39, 0.29) is 5.41 Å². The van der Waals surface area contributed by atoms with Crippen molar-refractivity contribution in [2.75, 3.05) is 13.7 Å². The quantitative estimate of drug-likeness (QED) is 0.150. The first-order valence-electron chi connectivity index (χ1n) is 16.1. The van der Waals surface area contributed by atoms with Crippen molar-refractivity contribution < 1.29 is 4.84 Å². The Morgan fingerprint density at radius 1 is 1.00 bits per heavy atom. The van der Waals surface area contributed by atoms with E-state index >= 15 is 0 Å². The van der Waals surface area contributed by atoms with Crippen molar-refractivity contribution in [1.82, 2.24) is 4.90 Å². The Hall–Kier alpha value is -1.25. The highest BCUT2D eigenvalue weighted by Crippen LogP contribution is 2.42. The summed E-state index contributed by atoms with van der Waals surface area (Å²) in [5.41, 5.74) is 2.58. The summed E-state index contributed by atoms with van der Waals surface area (Å²) in [5.74, 6) is 1.56. The summed E-state index contributed by atoms with van der Waals surface area (Å²) in [6.07, 6.45) is 25.8. The lowest BCUT2D eigenvalue weighted by atomic mass is 9.69. The normalized spacial score (nSPS) is 17.8. The zero-order valence-corrected chi connectivity index (χ0v) is 26.5. The second-order valence-electron chi connectivity index (χ2n) is 11.7. The van der Waals surface area contributed by atoms with Gasteiger partial charge in [0.1, 0.15) is 6.61 Å². The summed E-state index contributed by atoms with van der Waals surface area (Å²) in [5, 5.41) is 4.62. The van der Waals surface area contributed by atoms with Gasteiger partial charge in [-0.2, -0.15) is 0 Å². The Bertz CT molecular complexity index is 611. The van der Waals surface area contributed by atoms with Crippen LogP contribution in [0.1, 0.15) is 158 Å². The molecule has 1 heterocycles. The number of oxime groups is 1. The van der Waals surface area contributed by atoms with Gasteiger partial charge in [0.15, 0.2) is 0 Å². The van der Waals surface area contributed by atoms with Gasteiger partial charge in [-0.25, -0.2) is 0 Å². The van der Waals surface area contributed by atoms with Gasteiger partial charge in [0.2, 0.25) is 0 Å². The third kappa shape index (κ3) is 15.7. The molecule has 0 aromatic rings. The van der Waals surface area contributed by atoms with Gasteiger partial charge >= 0.3 is 0 Å². The van der Waals surface area contributed by atoms with Crippen molar-refractivity contribution in [2.24, 2.45) is 22.4 Å². The molecule has 3 nitrogen and oxygen atoms in total. The van der Waals surface area contributed by atoms with E-state index in [1.165, 1.54) is 94.9 Å². The molecule has 0 fully saturated rings. The number of unbranched alkanes of at least 4 members (excludes halogenated alkanes) is 6. The minimum atomic E-state index is 0.0989. The third-order valence-corrected chi connectivity index (χ3v) is 8.22. The molecule has 3 atom stereocenters. The van der Waals surface area contributed by atoms with Gasteiger partial charge in [-0.1, -0.05) is 137 Å². The number of rotatable bonds is 20. The largest absolute Gasteiger partial charge is 0.396 e. The average molecular weight is 519 g/mol. The summed E-state index contributed by atoms with van der Waals surface area (Å²) in [6, 6.07) is 0. The Labute approximate surface area is 233 Å². The molecule has 0 saturated carbocycles. The van der Waals surface area contributed by atoms with Gasteiger partial charge in [-0.15, -0.1) is 0 Å². The molecule has 0 amide bonds. The highest BCUT2D eigenvalue weighted by molar-refractivity contribution is 5.90. The molecule has 218 valence electrons. The van der Waals surface area contributed by atoms with Crippen LogP contribution in [0.25, 0.3) is 0 Å². The number of allylic oxidation sites excluding steroid dienone is 2. The fourth-order valence-electron chi connectivity index (χ4n) is 5.19. The monoisotopic (exact) mass is 519 g/mol. The van der Waals surface area contributed by atoms with Crippen LogP contribution in [0.15, 0.2) is 29.7 Å². The van der Waals surface area contributed by atoms with Gasteiger partial charge in [-0.3, -0.25) is 0 Å². The molecular formula is C34H66N2O. The molecule has 0 aromatic heterocycles. The fourth-order valence-corrected chi connectivity index (χ4v) is 5.19. The summed E-state index contributed by atoms with van der Waals surface area (Å²) < 4.78 is 0. The zero-order valence-electron chi connectivity index (χ0n) is 26.5. The number of hydrogen-bond acceptors (Lipinski definition) is 3. The molecule has 0 aliphatic carbocycles. The fraction of sp³-hybridized carbons (Fsp3) is 0.853. The standard InChI is InChI=1S/C24H44N2O.C10H22/c1-7-11-13-16-24(15-9-3,23-18-22(10-4)20-27-25-23)19-21(5)26(6)17-14-12-8-2;1-4-6-7-8-9-10(3)5-2/h14,17,22H,5,7-13,15-16,18-20H2,1-4,6H3;10H,4-9H2,1-3H3/b17-14-;. The van der Waals surface area contributed by atoms with Crippen molar-refractivity contribution in [3.63, 3.8) is 0 Å². The maximum atomic E-state index is 5.70. The molecule has 0 radical (unpaired) electrons. The lowest BCUT2D eigenvalue weighted by Crippen LogP contribution is -2.37. The lowest BCUT2D eigenvalue weighted by molar-refractivity contribution is 0.0838. The van der Waals surface area contributed by atoms with Crippen molar-refractivity contribution in [3.8, 4) is 0 Å². The lowest BCUT2D eigenvalue weighted by Gasteiger charge is -2.39. The maximum Gasteiger partial charge on any atom is 0.120 e. The van der Waals surface area contributed by atoms with Crippen LogP contribution in [-0.2, 0) is 4.84 Å². The molecule has 0 spiro atoms. The predicted molar refractivity (Wildman–Crippen MR) is 167 cm³/mol. The van der Waals surface area contributed by atoms with Gasteiger partial charge in [0, 0.05) is 24.1 Å². The molecule has 3 unspecified atom stereocenters. The summed E-state index contributed by atoms with van der Waals surface area (Å²) in [4.78, 5) is 7.91. The summed E-state index contributed by atoms with van der Waals surface area (Å²) in [7, 11) is 2.13. The van der Waals surface area contributed by atoms with E-state index in [1.54, 1.807) is 0 Å². The van der Waals surface area contributed by atoms with Crippen LogP contribution in [0.5, 0.6) is 0 Å². The van der Waals surface area contributed by atoms with Crippen LogP contribution >= 0.6 is 0 Å². The summed E-state index contributed by atoms with van der Waals surface area (Å²) in [6.45, 7) is 21.2. The van der Waals surface area contributed by atoms with Crippen LogP contribution in [0, 0.1) is 17.3 Å². The SMILES string of the molecule is C=C(CC(CCC)(CCCCC)C1=NOCC(CC)C1)N(C)/C=C\CCC.CCCCCCC(C)CC. The second-order valence-corrected chi connectivity index (χ2v) is 11.7. The van der Waals surface area contributed by atoms with E-state index in [1.807, 2.05) is 0 Å². The van der Waals surface area contributed by atoms with Gasteiger partial charge in [-0.05, 0) is 50.6 Å². The molecule has 0 aromatic carbocycles. The van der Waals surface area contributed by atoms with E-state index in [4.69, 9.17) is 4.84 Å². The topological polar surface area (TPSA) is 24.8 Å². The van der Waals surface area contributed by atoms with Gasteiger partial charge in [0.25, 0.3) is 0 Å². The highest BCUT2D eigenvalue weighted by atomic mass is 16.6. The van der Waals surface area contributed by atoms with Crippen LogP contribution < -0.4 is 0 Å². The van der Waals surface area contributed by atoms with E-state index < -0.39 is 0 Å². The first-order chi connectivity index (χ1) is 17.8. The molecule has 37 heavy (non-hydrogen) atoms. The first-order valence-corrected chi connectivity index (χ1v) is 16.1. The minimum Gasteiger partial charge on any atom is -0.396 e.